The molecule has 0 saturated carbocycles. The summed E-state index contributed by atoms with van der Waals surface area (Å²) in [6.07, 6.45) is 2.13. The zero-order valence-electron chi connectivity index (χ0n) is 14.2. The third-order valence-corrected chi connectivity index (χ3v) is 4.95. The summed E-state index contributed by atoms with van der Waals surface area (Å²) in [5.41, 5.74) is 0.817. The fourth-order valence-electron chi connectivity index (χ4n) is 2.51. The first-order chi connectivity index (χ1) is 10.8. The van der Waals surface area contributed by atoms with E-state index in [0.717, 1.165) is 25.0 Å². The molecule has 0 radical (unpaired) electrons. The van der Waals surface area contributed by atoms with E-state index in [9.17, 15) is 9.18 Å². The fraction of sp³-hybridized carbons (Fsp3) is 0.611. The summed E-state index contributed by atoms with van der Waals surface area (Å²) < 4.78 is 19.1. The van der Waals surface area contributed by atoms with Gasteiger partial charge < -0.3 is 9.64 Å². The molecule has 1 amide bonds. The highest BCUT2D eigenvalue weighted by Gasteiger charge is 2.24. The van der Waals surface area contributed by atoms with Crippen molar-refractivity contribution in [3.8, 4) is 0 Å². The number of amides is 1. The van der Waals surface area contributed by atoms with Gasteiger partial charge in [0, 0.05) is 24.4 Å². The van der Waals surface area contributed by atoms with Crippen molar-refractivity contribution in [2.75, 3.05) is 18.9 Å². The largest absolute Gasteiger partial charge is 0.376 e. The number of rotatable bonds is 6. The molecule has 1 heterocycles. The first-order valence-corrected chi connectivity index (χ1v) is 9.10. The first-order valence-electron chi connectivity index (χ1n) is 8.11. The number of halogens is 1. The highest BCUT2D eigenvalue weighted by molar-refractivity contribution is 8.01. The second kappa shape index (κ2) is 8.15. The summed E-state index contributed by atoms with van der Waals surface area (Å²) in [6.45, 7) is 8.08. The van der Waals surface area contributed by atoms with Gasteiger partial charge in [0.25, 0.3) is 0 Å². The van der Waals surface area contributed by atoms with Crippen LogP contribution >= 0.6 is 11.8 Å². The molecule has 0 spiro atoms. The molecular weight excluding hydrogens is 313 g/mol. The molecule has 0 aliphatic carbocycles. The Bertz CT molecular complexity index is 524. The van der Waals surface area contributed by atoms with Crippen molar-refractivity contribution in [3.63, 3.8) is 0 Å². The molecule has 1 unspecified atom stereocenters. The molecule has 1 saturated heterocycles. The molecule has 1 aromatic carbocycles. The monoisotopic (exact) mass is 339 g/mol. The molecule has 2 rings (SSSR count). The van der Waals surface area contributed by atoms with Gasteiger partial charge in [-0.3, -0.25) is 4.79 Å². The van der Waals surface area contributed by atoms with Gasteiger partial charge in [-0.2, -0.15) is 0 Å². The van der Waals surface area contributed by atoms with Gasteiger partial charge in [-0.1, -0.05) is 32.9 Å². The third-order valence-electron chi connectivity index (χ3n) is 3.69. The van der Waals surface area contributed by atoms with E-state index in [1.807, 2.05) is 11.0 Å². The summed E-state index contributed by atoms with van der Waals surface area (Å²) in [5, 5.41) is 0. The SMILES string of the molecule is CC(C)(C)SCC(=O)N(Cc1cccc(F)c1)CC1CCCO1. The van der Waals surface area contributed by atoms with Crippen molar-refractivity contribution in [2.45, 2.75) is 51.0 Å². The van der Waals surface area contributed by atoms with Crippen LogP contribution in [0.5, 0.6) is 0 Å². The van der Waals surface area contributed by atoms with Crippen molar-refractivity contribution < 1.29 is 13.9 Å². The zero-order valence-corrected chi connectivity index (χ0v) is 15.0. The lowest BCUT2D eigenvalue weighted by atomic mass is 10.2. The number of nitrogens with zero attached hydrogens (tertiary/aromatic N) is 1. The summed E-state index contributed by atoms with van der Waals surface area (Å²) >= 11 is 1.64. The van der Waals surface area contributed by atoms with Crippen LogP contribution in [0.25, 0.3) is 0 Å². The average molecular weight is 339 g/mol. The summed E-state index contributed by atoms with van der Waals surface area (Å²) in [5.74, 6) is 0.256. The molecular formula is C18H26FNO2S. The second-order valence-corrected chi connectivity index (χ2v) is 8.74. The van der Waals surface area contributed by atoms with Crippen molar-refractivity contribution in [2.24, 2.45) is 0 Å². The van der Waals surface area contributed by atoms with Crippen LogP contribution in [0.1, 0.15) is 39.2 Å². The number of ether oxygens (including phenoxy) is 1. The van der Waals surface area contributed by atoms with E-state index < -0.39 is 0 Å². The Balaban J connectivity index is 2.02. The molecule has 5 heteroatoms. The Morgan fingerprint density at radius 1 is 1.43 bits per heavy atom. The molecule has 1 fully saturated rings. The normalized spacial score (nSPS) is 18.2. The summed E-state index contributed by atoms with van der Waals surface area (Å²) in [6, 6.07) is 6.46. The smallest absolute Gasteiger partial charge is 0.232 e. The van der Waals surface area contributed by atoms with Crippen LogP contribution in [-0.4, -0.2) is 40.6 Å². The van der Waals surface area contributed by atoms with E-state index in [-0.39, 0.29) is 22.6 Å². The topological polar surface area (TPSA) is 29.5 Å². The highest BCUT2D eigenvalue weighted by atomic mass is 32.2. The number of carbonyl (C=O) groups excluding carboxylic acids is 1. The molecule has 23 heavy (non-hydrogen) atoms. The second-order valence-electron chi connectivity index (χ2n) is 6.94. The minimum Gasteiger partial charge on any atom is -0.376 e. The number of thioether (sulfide) groups is 1. The Hall–Kier alpha value is -1.07. The Morgan fingerprint density at radius 3 is 2.83 bits per heavy atom. The lowest BCUT2D eigenvalue weighted by Gasteiger charge is -2.27. The number of hydrogen-bond donors (Lipinski definition) is 0. The summed E-state index contributed by atoms with van der Waals surface area (Å²) in [7, 11) is 0. The van der Waals surface area contributed by atoms with Gasteiger partial charge in [-0.25, -0.2) is 4.39 Å². The maximum absolute atomic E-state index is 13.4. The summed E-state index contributed by atoms with van der Waals surface area (Å²) in [4.78, 5) is 14.4. The Labute approximate surface area is 142 Å². The lowest BCUT2D eigenvalue weighted by Crippen LogP contribution is -2.38. The third kappa shape index (κ3) is 6.51. The number of hydrogen-bond acceptors (Lipinski definition) is 3. The predicted molar refractivity (Wildman–Crippen MR) is 93.0 cm³/mol. The van der Waals surface area contributed by atoms with Crippen LogP contribution in [0.15, 0.2) is 24.3 Å². The molecule has 1 atom stereocenters. The van der Waals surface area contributed by atoms with E-state index in [0.29, 0.717) is 18.8 Å². The van der Waals surface area contributed by atoms with Gasteiger partial charge in [0.2, 0.25) is 5.91 Å². The molecule has 1 aromatic rings. The Morgan fingerprint density at radius 2 is 2.22 bits per heavy atom. The number of benzene rings is 1. The molecule has 1 aliphatic heterocycles. The minimum absolute atomic E-state index is 0.0457. The first kappa shape index (κ1) is 18.3. The lowest BCUT2D eigenvalue weighted by molar-refractivity contribution is -0.130. The fourth-order valence-corrected chi connectivity index (χ4v) is 3.25. The minimum atomic E-state index is -0.268. The van der Waals surface area contributed by atoms with Crippen molar-refractivity contribution in [1.82, 2.24) is 4.90 Å². The maximum Gasteiger partial charge on any atom is 0.232 e. The van der Waals surface area contributed by atoms with Gasteiger partial charge in [0.1, 0.15) is 5.82 Å². The van der Waals surface area contributed by atoms with Crippen LogP contribution in [0.4, 0.5) is 4.39 Å². The number of carbonyl (C=O) groups is 1. The van der Waals surface area contributed by atoms with Gasteiger partial charge in [0.15, 0.2) is 0 Å². The zero-order chi connectivity index (χ0) is 16.9. The van der Waals surface area contributed by atoms with E-state index in [2.05, 4.69) is 20.8 Å². The van der Waals surface area contributed by atoms with Gasteiger partial charge >= 0.3 is 0 Å². The maximum atomic E-state index is 13.4. The molecule has 0 N–H and O–H groups in total. The van der Waals surface area contributed by atoms with E-state index in [1.165, 1.54) is 12.1 Å². The van der Waals surface area contributed by atoms with Crippen LogP contribution in [0, 0.1) is 5.82 Å². The van der Waals surface area contributed by atoms with Crippen LogP contribution < -0.4 is 0 Å². The van der Waals surface area contributed by atoms with Gasteiger partial charge in [-0.05, 0) is 30.5 Å². The van der Waals surface area contributed by atoms with Gasteiger partial charge in [0.05, 0.1) is 11.9 Å². The standard InChI is InChI=1S/C18H26FNO2S/c1-18(2,3)23-13-17(21)20(12-16-8-5-9-22-16)11-14-6-4-7-15(19)10-14/h4,6-7,10,16H,5,8-9,11-13H2,1-3H3. The van der Waals surface area contributed by atoms with E-state index >= 15 is 0 Å². The van der Waals surface area contributed by atoms with Crippen molar-refractivity contribution in [1.29, 1.82) is 0 Å². The van der Waals surface area contributed by atoms with Gasteiger partial charge in [-0.15, -0.1) is 11.8 Å². The van der Waals surface area contributed by atoms with E-state index in [1.54, 1.807) is 17.8 Å². The van der Waals surface area contributed by atoms with E-state index in [4.69, 9.17) is 4.74 Å². The molecule has 1 aliphatic rings. The van der Waals surface area contributed by atoms with Crippen molar-refractivity contribution in [3.05, 3.63) is 35.6 Å². The quantitative estimate of drug-likeness (QED) is 0.788. The molecule has 3 nitrogen and oxygen atoms in total. The van der Waals surface area contributed by atoms with Crippen LogP contribution in [-0.2, 0) is 16.1 Å². The van der Waals surface area contributed by atoms with Crippen LogP contribution in [0.3, 0.4) is 0 Å². The molecule has 128 valence electrons. The van der Waals surface area contributed by atoms with Crippen LogP contribution in [0.2, 0.25) is 0 Å². The highest BCUT2D eigenvalue weighted by Crippen LogP contribution is 2.24. The molecule has 0 aromatic heterocycles. The van der Waals surface area contributed by atoms with Crippen molar-refractivity contribution >= 4 is 17.7 Å². The molecule has 0 bridgehead atoms. The Kier molecular flexibility index (Phi) is 6.48. The average Bonchev–Trinajstić information content (AvgIpc) is 2.96. The predicted octanol–water partition coefficient (Wildman–Crippen LogP) is 3.87.